The maximum Gasteiger partial charge on any atom is 0.140 e. The molecule has 20 heavy (non-hydrogen) atoms. The van der Waals surface area contributed by atoms with E-state index in [4.69, 9.17) is 0 Å². The van der Waals surface area contributed by atoms with Gasteiger partial charge in [-0.05, 0) is 12.0 Å². The van der Waals surface area contributed by atoms with Gasteiger partial charge in [-0.1, -0.05) is 89.1 Å². The van der Waals surface area contributed by atoms with Gasteiger partial charge in [-0.25, -0.2) is 0 Å². The van der Waals surface area contributed by atoms with Crippen LogP contribution in [0.25, 0.3) is 0 Å². The van der Waals surface area contributed by atoms with Gasteiger partial charge >= 0.3 is 0 Å². The first-order chi connectivity index (χ1) is 9.75. The van der Waals surface area contributed by atoms with Gasteiger partial charge in [-0.2, -0.15) is 0 Å². The minimum absolute atomic E-state index is 0.0563. The summed E-state index contributed by atoms with van der Waals surface area (Å²) in [4.78, 5) is 12.1. The number of benzene rings is 1. The Morgan fingerprint density at radius 1 is 0.900 bits per heavy atom. The van der Waals surface area contributed by atoms with Gasteiger partial charge in [0.2, 0.25) is 0 Å². The zero-order chi connectivity index (χ0) is 14.6. The number of carbonyl (C=O) groups excluding carboxylic acids is 1. The summed E-state index contributed by atoms with van der Waals surface area (Å²) in [5.74, 6) is 0.447. The Balaban J connectivity index is 2.08. The predicted molar refractivity (Wildman–Crippen MR) is 87.1 cm³/mol. The van der Waals surface area contributed by atoms with Crippen molar-refractivity contribution in [2.24, 2.45) is 0 Å². The van der Waals surface area contributed by atoms with Gasteiger partial charge < -0.3 is 0 Å². The highest BCUT2D eigenvalue weighted by Gasteiger charge is 2.13. The molecule has 112 valence electrons. The molecule has 1 atom stereocenters. The predicted octanol–water partition coefficient (Wildman–Crippen LogP) is 5.89. The molecule has 1 nitrogen and oxygen atoms in total. The van der Waals surface area contributed by atoms with Crippen LogP contribution in [-0.4, -0.2) is 5.78 Å². The van der Waals surface area contributed by atoms with Crippen molar-refractivity contribution in [1.82, 2.24) is 0 Å². The van der Waals surface area contributed by atoms with E-state index in [-0.39, 0.29) is 5.92 Å². The topological polar surface area (TPSA) is 17.1 Å². The molecule has 0 radical (unpaired) electrons. The summed E-state index contributed by atoms with van der Waals surface area (Å²) in [5.41, 5.74) is 1.15. The van der Waals surface area contributed by atoms with E-state index >= 15 is 0 Å². The van der Waals surface area contributed by atoms with Crippen molar-refractivity contribution in [2.45, 2.75) is 77.6 Å². The van der Waals surface area contributed by atoms with Crippen molar-refractivity contribution in [3.63, 3.8) is 0 Å². The second-order valence-electron chi connectivity index (χ2n) is 5.82. The highest BCUT2D eigenvalue weighted by atomic mass is 16.1. The van der Waals surface area contributed by atoms with Gasteiger partial charge in [-0.15, -0.1) is 0 Å². The molecule has 0 aliphatic heterocycles. The molecule has 0 fully saturated rings. The fraction of sp³-hybridized carbons (Fsp3) is 0.632. The lowest BCUT2D eigenvalue weighted by atomic mass is 9.93. The van der Waals surface area contributed by atoms with Crippen LogP contribution in [-0.2, 0) is 4.79 Å². The molecule has 1 unspecified atom stereocenters. The lowest BCUT2D eigenvalue weighted by Gasteiger charge is -2.10. The van der Waals surface area contributed by atoms with Gasteiger partial charge in [0, 0.05) is 12.3 Å². The van der Waals surface area contributed by atoms with Crippen LogP contribution >= 0.6 is 0 Å². The number of ketones is 1. The molecule has 0 amide bonds. The van der Waals surface area contributed by atoms with Gasteiger partial charge in [0.25, 0.3) is 0 Å². The quantitative estimate of drug-likeness (QED) is 0.460. The van der Waals surface area contributed by atoms with Crippen LogP contribution in [0.5, 0.6) is 0 Å². The van der Waals surface area contributed by atoms with Crippen LogP contribution < -0.4 is 0 Å². The Bertz CT molecular complexity index is 355. The maximum atomic E-state index is 12.1. The Morgan fingerprint density at radius 3 is 2.05 bits per heavy atom. The smallest absolute Gasteiger partial charge is 0.140 e. The Kier molecular flexibility index (Phi) is 9.02. The summed E-state index contributed by atoms with van der Waals surface area (Å²) in [6.45, 7) is 4.28. The van der Waals surface area contributed by atoms with Gasteiger partial charge in [0.05, 0.1) is 0 Å². The number of Topliss-reactive ketones (excluding diaryl/α,β-unsaturated/α-hetero) is 1. The number of unbranched alkanes of at least 4 members (excludes halogenated alkanes) is 7. The fourth-order valence-corrected chi connectivity index (χ4v) is 2.58. The molecular weight excluding hydrogens is 244 g/mol. The normalized spacial score (nSPS) is 12.3. The van der Waals surface area contributed by atoms with Gasteiger partial charge in [0.1, 0.15) is 5.78 Å². The summed E-state index contributed by atoms with van der Waals surface area (Å²) in [6.07, 6.45) is 11.1. The molecular formula is C19H30O. The molecule has 0 bridgehead atoms. The summed E-state index contributed by atoms with van der Waals surface area (Å²) in [5, 5.41) is 0. The van der Waals surface area contributed by atoms with Crippen LogP contribution in [0.1, 0.15) is 83.1 Å². The van der Waals surface area contributed by atoms with Crippen molar-refractivity contribution >= 4 is 5.78 Å². The summed E-state index contributed by atoms with van der Waals surface area (Å²) >= 11 is 0. The number of hydrogen-bond acceptors (Lipinski definition) is 1. The first-order valence-corrected chi connectivity index (χ1v) is 8.33. The third-order valence-corrected chi connectivity index (χ3v) is 4.06. The molecule has 1 rings (SSSR count). The lowest BCUT2D eigenvalue weighted by molar-refractivity contribution is -0.120. The lowest BCUT2D eigenvalue weighted by Crippen LogP contribution is -2.08. The number of rotatable bonds is 11. The largest absolute Gasteiger partial charge is 0.299 e. The third-order valence-electron chi connectivity index (χ3n) is 4.06. The molecule has 1 heteroatoms. The van der Waals surface area contributed by atoms with Crippen LogP contribution in [0, 0.1) is 0 Å². The first-order valence-electron chi connectivity index (χ1n) is 8.33. The van der Waals surface area contributed by atoms with E-state index in [0.29, 0.717) is 5.78 Å². The Hall–Kier alpha value is -1.11. The molecule has 1 aromatic carbocycles. The third kappa shape index (κ3) is 6.88. The molecule has 0 saturated heterocycles. The summed E-state index contributed by atoms with van der Waals surface area (Å²) < 4.78 is 0. The standard InChI is InChI=1S/C19H30O/c1-3-4-5-6-7-8-9-13-16-19(20)17(2)18-14-11-10-12-15-18/h10-12,14-15,17H,3-9,13,16H2,1-2H3. The highest BCUT2D eigenvalue weighted by molar-refractivity contribution is 5.85. The average Bonchev–Trinajstić information content (AvgIpc) is 2.50. The minimum Gasteiger partial charge on any atom is -0.299 e. The molecule has 0 spiro atoms. The van der Waals surface area contributed by atoms with E-state index in [1.165, 1.54) is 44.9 Å². The minimum atomic E-state index is 0.0563. The highest BCUT2D eigenvalue weighted by Crippen LogP contribution is 2.19. The van der Waals surface area contributed by atoms with Crippen molar-refractivity contribution in [3.05, 3.63) is 35.9 Å². The van der Waals surface area contributed by atoms with E-state index in [1.807, 2.05) is 25.1 Å². The monoisotopic (exact) mass is 274 g/mol. The average molecular weight is 274 g/mol. The van der Waals surface area contributed by atoms with Gasteiger partial charge in [0.15, 0.2) is 0 Å². The van der Waals surface area contributed by atoms with E-state index in [9.17, 15) is 4.79 Å². The molecule has 0 N–H and O–H groups in total. The maximum absolute atomic E-state index is 12.1. The van der Waals surface area contributed by atoms with Crippen LogP contribution in [0.4, 0.5) is 0 Å². The van der Waals surface area contributed by atoms with Crippen LogP contribution in [0.3, 0.4) is 0 Å². The number of carbonyl (C=O) groups is 1. The van der Waals surface area contributed by atoms with Crippen LogP contribution in [0.15, 0.2) is 30.3 Å². The van der Waals surface area contributed by atoms with Crippen molar-refractivity contribution in [3.8, 4) is 0 Å². The molecule has 0 aliphatic rings. The fourth-order valence-electron chi connectivity index (χ4n) is 2.58. The van der Waals surface area contributed by atoms with Crippen molar-refractivity contribution in [1.29, 1.82) is 0 Å². The zero-order valence-electron chi connectivity index (χ0n) is 13.2. The SMILES string of the molecule is CCCCCCCCCCC(=O)C(C)c1ccccc1. The number of hydrogen-bond donors (Lipinski definition) is 0. The van der Waals surface area contributed by atoms with E-state index in [1.54, 1.807) is 0 Å². The first kappa shape index (κ1) is 16.9. The molecule has 0 aliphatic carbocycles. The van der Waals surface area contributed by atoms with E-state index in [2.05, 4.69) is 19.1 Å². The van der Waals surface area contributed by atoms with Crippen LogP contribution in [0.2, 0.25) is 0 Å². The molecule has 1 aromatic rings. The van der Waals surface area contributed by atoms with Crippen molar-refractivity contribution in [2.75, 3.05) is 0 Å². The van der Waals surface area contributed by atoms with E-state index in [0.717, 1.165) is 18.4 Å². The Morgan fingerprint density at radius 2 is 1.45 bits per heavy atom. The molecule has 0 saturated carbocycles. The second kappa shape index (κ2) is 10.7. The summed E-state index contributed by atoms with van der Waals surface area (Å²) in [6, 6.07) is 10.1. The second-order valence-corrected chi connectivity index (χ2v) is 5.82. The van der Waals surface area contributed by atoms with Gasteiger partial charge in [-0.3, -0.25) is 4.79 Å². The van der Waals surface area contributed by atoms with E-state index < -0.39 is 0 Å². The van der Waals surface area contributed by atoms with Crippen molar-refractivity contribution < 1.29 is 4.79 Å². The molecule has 0 heterocycles. The molecule has 0 aromatic heterocycles. The zero-order valence-corrected chi connectivity index (χ0v) is 13.2. The Labute approximate surface area is 124 Å². The summed E-state index contributed by atoms with van der Waals surface area (Å²) in [7, 11) is 0.